The molecule has 0 saturated carbocycles. The SMILES string of the molecule is C=CCOc1ccccc1CNCCC(C)O. The van der Waals surface area contributed by atoms with Crippen molar-refractivity contribution in [3.05, 3.63) is 42.5 Å². The van der Waals surface area contributed by atoms with Crippen LogP contribution in [0.2, 0.25) is 0 Å². The number of benzene rings is 1. The molecule has 94 valence electrons. The largest absolute Gasteiger partial charge is 0.489 e. The quantitative estimate of drug-likeness (QED) is 0.535. The van der Waals surface area contributed by atoms with Gasteiger partial charge in [0.25, 0.3) is 0 Å². The average molecular weight is 235 g/mol. The van der Waals surface area contributed by atoms with E-state index in [0.29, 0.717) is 6.61 Å². The molecule has 1 unspecified atom stereocenters. The lowest BCUT2D eigenvalue weighted by molar-refractivity contribution is 0.183. The zero-order valence-corrected chi connectivity index (χ0v) is 10.4. The summed E-state index contributed by atoms with van der Waals surface area (Å²) in [6.45, 7) is 7.49. The van der Waals surface area contributed by atoms with E-state index < -0.39 is 0 Å². The second-order valence-corrected chi connectivity index (χ2v) is 4.02. The lowest BCUT2D eigenvalue weighted by Crippen LogP contribution is -2.19. The van der Waals surface area contributed by atoms with Gasteiger partial charge < -0.3 is 15.2 Å². The number of hydrogen-bond acceptors (Lipinski definition) is 3. The van der Waals surface area contributed by atoms with E-state index in [0.717, 1.165) is 30.8 Å². The summed E-state index contributed by atoms with van der Waals surface area (Å²) in [5.41, 5.74) is 1.12. The molecule has 0 heterocycles. The predicted molar refractivity (Wildman–Crippen MR) is 70.1 cm³/mol. The number of nitrogens with one attached hydrogen (secondary N) is 1. The fraction of sp³-hybridized carbons (Fsp3) is 0.429. The maximum Gasteiger partial charge on any atom is 0.124 e. The Morgan fingerprint density at radius 3 is 2.94 bits per heavy atom. The van der Waals surface area contributed by atoms with Gasteiger partial charge >= 0.3 is 0 Å². The molecule has 0 aliphatic rings. The maximum atomic E-state index is 9.14. The van der Waals surface area contributed by atoms with Crippen molar-refractivity contribution in [1.82, 2.24) is 5.32 Å². The number of rotatable bonds is 8. The van der Waals surface area contributed by atoms with Crippen molar-refractivity contribution in [2.24, 2.45) is 0 Å². The van der Waals surface area contributed by atoms with Crippen LogP contribution < -0.4 is 10.1 Å². The van der Waals surface area contributed by atoms with Gasteiger partial charge in [0.1, 0.15) is 12.4 Å². The van der Waals surface area contributed by atoms with E-state index in [-0.39, 0.29) is 6.10 Å². The van der Waals surface area contributed by atoms with Crippen molar-refractivity contribution in [2.75, 3.05) is 13.2 Å². The Morgan fingerprint density at radius 2 is 2.24 bits per heavy atom. The van der Waals surface area contributed by atoms with Gasteiger partial charge in [-0.05, 0) is 26.0 Å². The monoisotopic (exact) mass is 235 g/mol. The van der Waals surface area contributed by atoms with E-state index in [9.17, 15) is 0 Å². The van der Waals surface area contributed by atoms with Crippen LogP contribution in [0.4, 0.5) is 0 Å². The van der Waals surface area contributed by atoms with Gasteiger partial charge in [0.15, 0.2) is 0 Å². The van der Waals surface area contributed by atoms with Gasteiger partial charge in [-0.2, -0.15) is 0 Å². The van der Waals surface area contributed by atoms with E-state index in [4.69, 9.17) is 9.84 Å². The van der Waals surface area contributed by atoms with Gasteiger partial charge in [-0.25, -0.2) is 0 Å². The zero-order valence-electron chi connectivity index (χ0n) is 10.4. The van der Waals surface area contributed by atoms with Crippen molar-refractivity contribution < 1.29 is 9.84 Å². The molecule has 0 amide bonds. The number of para-hydroxylation sites is 1. The highest BCUT2D eigenvalue weighted by Crippen LogP contribution is 2.17. The molecule has 1 atom stereocenters. The number of aliphatic hydroxyl groups is 1. The van der Waals surface area contributed by atoms with Gasteiger partial charge in [-0.15, -0.1) is 0 Å². The molecule has 0 aliphatic carbocycles. The molecular weight excluding hydrogens is 214 g/mol. The van der Waals surface area contributed by atoms with Crippen LogP contribution in [-0.4, -0.2) is 24.4 Å². The highest BCUT2D eigenvalue weighted by atomic mass is 16.5. The second-order valence-electron chi connectivity index (χ2n) is 4.02. The highest BCUT2D eigenvalue weighted by Gasteiger charge is 2.02. The minimum Gasteiger partial charge on any atom is -0.489 e. The molecule has 3 heteroatoms. The predicted octanol–water partition coefficient (Wildman–Crippen LogP) is 2.11. The zero-order chi connectivity index (χ0) is 12.5. The summed E-state index contributed by atoms with van der Waals surface area (Å²) in [6, 6.07) is 7.94. The average Bonchev–Trinajstić information content (AvgIpc) is 2.33. The van der Waals surface area contributed by atoms with E-state index in [1.165, 1.54) is 0 Å². The third-order valence-corrected chi connectivity index (χ3v) is 2.38. The number of aliphatic hydroxyl groups excluding tert-OH is 1. The first kappa shape index (κ1) is 13.7. The fourth-order valence-electron chi connectivity index (χ4n) is 1.47. The molecule has 3 nitrogen and oxygen atoms in total. The second kappa shape index (κ2) is 7.87. The van der Waals surface area contributed by atoms with Gasteiger partial charge in [0.05, 0.1) is 6.10 Å². The molecular formula is C14H21NO2. The van der Waals surface area contributed by atoms with Crippen LogP contribution >= 0.6 is 0 Å². The van der Waals surface area contributed by atoms with E-state index in [2.05, 4.69) is 11.9 Å². The van der Waals surface area contributed by atoms with Crippen LogP contribution in [0.5, 0.6) is 5.75 Å². The normalized spacial score (nSPS) is 12.1. The minimum atomic E-state index is -0.255. The summed E-state index contributed by atoms with van der Waals surface area (Å²) in [6.07, 6.45) is 2.24. The third-order valence-electron chi connectivity index (χ3n) is 2.38. The molecule has 1 aromatic rings. The molecule has 0 radical (unpaired) electrons. The Labute approximate surface area is 103 Å². The number of hydrogen-bond donors (Lipinski definition) is 2. The number of ether oxygens (including phenoxy) is 1. The summed E-state index contributed by atoms with van der Waals surface area (Å²) in [4.78, 5) is 0. The van der Waals surface area contributed by atoms with Crippen LogP contribution in [0.15, 0.2) is 36.9 Å². The van der Waals surface area contributed by atoms with Crippen LogP contribution in [0.3, 0.4) is 0 Å². The van der Waals surface area contributed by atoms with Gasteiger partial charge in [0.2, 0.25) is 0 Å². The summed E-state index contributed by atoms with van der Waals surface area (Å²) in [7, 11) is 0. The van der Waals surface area contributed by atoms with Crippen LogP contribution in [-0.2, 0) is 6.54 Å². The smallest absolute Gasteiger partial charge is 0.124 e. The minimum absolute atomic E-state index is 0.255. The lowest BCUT2D eigenvalue weighted by atomic mass is 10.2. The molecule has 0 spiro atoms. The van der Waals surface area contributed by atoms with Gasteiger partial charge in [-0.3, -0.25) is 0 Å². The molecule has 2 N–H and O–H groups in total. The summed E-state index contributed by atoms with van der Waals surface area (Å²) < 4.78 is 5.56. The highest BCUT2D eigenvalue weighted by molar-refractivity contribution is 5.33. The molecule has 0 aliphatic heterocycles. The van der Waals surface area contributed by atoms with Gasteiger partial charge in [-0.1, -0.05) is 30.9 Å². The van der Waals surface area contributed by atoms with E-state index in [1.807, 2.05) is 24.3 Å². The Morgan fingerprint density at radius 1 is 1.47 bits per heavy atom. The Balaban J connectivity index is 2.43. The summed E-state index contributed by atoms with van der Waals surface area (Å²) in [5.74, 6) is 0.886. The van der Waals surface area contributed by atoms with Gasteiger partial charge in [0, 0.05) is 12.1 Å². The van der Waals surface area contributed by atoms with Crippen molar-refractivity contribution in [2.45, 2.75) is 26.0 Å². The standard InChI is InChI=1S/C14H21NO2/c1-3-10-17-14-7-5-4-6-13(14)11-15-9-8-12(2)16/h3-7,12,15-16H,1,8-11H2,2H3. The van der Waals surface area contributed by atoms with E-state index >= 15 is 0 Å². The molecule has 1 aromatic carbocycles. The molecule has 0 aromatic heterocycles. The molecule has 0 fully saturated rings. The molecule has 1 rings (SSSR count). The Hall–Kier alpha value is -1.32. The maximum absolute atomic E-state index is 9.14. The van der Waals surface area contributed by atoms with Crippen molar-refractivity contribution in [3.63, 3.8) is 0 Å². The fourth-order valence-corrected chi connectivity index (χ4v) is 1.47. The summed E-state index contributed by atoms with van der Waals surface area (Å²) in [5, 5.41) is 12.4. The van der Waals surface area contributed by atoms with E-state index in [1.54, 1.807) is 13.0 Å². The van der Waals surface area contributed by atoms with Crippen LogP contribution in [0.1, 0.15) is 18.9 Å². The first-order valence-electron chi connectivity index (χ1n) is 5.94. The van der Waals surface area contributed by atoms with Crippen molar-refractivity contribution in [1.29, 1.82) is 0 Å². The van der Waals surface area contributed by atoms with Crippen LogP contribution in [0, 0.1) is 0 Å². The van der Waals surface area contributed by atoms with Crippen molar-refractivity contribution >= 4 is 0 Å². The Kier molecular flexibility index (Phi) is 6.37. The summed E-state index contributed by atoms with van der Waals surface area (Å²) >= 11 is 0. The molecule has 0 saturated heterocycles. The first-order chi connectivity index (χ1) is 8.24. The van der Waals surface area contributed by atoms with Crippen LogP contribution in [0.25, 0.3) is 0 Å². The molecule has 0 bridgehead atoms. The molecule has 17 heavy (non-hydrogen) atoms. The van der Waals surface area contributed by atoms with Crippen molar-refractivity contribution in [3.8, 4) is 5.75 Å². The first-order valence-corrected chi connectivity index (χ1v) is 5.94. The lowest BCUT2D eigenvalue weighted by Gasteiger charge is -2.11. The Bertz CT molecular complexity index is 337. The third kappa shape index (κ3) is 5.52. The topological polar surface area (TPSA) is 41.5 Å².